The number of allylic oxidation sites excluding steroid dienone is 2. The third kappa shape index (κ3) is 4.19. The highest BCUT2D eigenvalue weighted by molar-refractivity contribution is 5.66. The summed E-state index contributed by atoms with van der Waals surface area (Å²) in [5, 5.41) is 0. The van der Waals surface area contributed by atoms with Crippen LogP contribution in [0, 0.1) is 17.8 Å². The average molecular weight is 312 g/mol. The lowest BCUT2D eigenvalue weighted by atomic mass is 9.70. The summed E-state index contributed by atoms with van der Waals surface area (Å²) in [7, 11) is 1.73. The second-order valence-electron chi connectivity index (χ2n) is 7.56. The molecule has 0 aliphatic heterocycles. The van der Waals surface area contributed by atoms with Gasteiger partial charge in [0.2, 0.25) is 0 Å². The largest absolute Gasteiger partial charge is 0.497 e. The number of methoxy groups -OCH3 is 1. The first kappa shape index (κ1) is 16.6. The van der Waals surface area contributed by atoms with Gasteiger partial charge in [0.05, 0.1) is 7.11 Å². The zero-order valence-electron chi connectivity index (χ0n) is 14.9. The molecule has 1 aromatic carbocycles. The summed E-state index contributed by atoms with van der Waals surface area (Å²) in [6, 6.07) is 8.58. The molecular weight excluding hydrogens is 280 g/mol. The molecule has 1 heteroatoms. The van der Waals surface area contributed by atoms with Crippen molar-refractivity contribution < 1.29 is 4.74 Å². The predicted octanol–water partition coefficient (Wildman–Crippen LogP) is 6.49. The van der Waals surface area contributed by atoms with E-state index in [-0.39, 0.29) is 0 Å². The Morgan fingerprint density at radius 1 is 0.957 bits per heavy atom. The molecule has 3 rings (SSSR count). The van der Waals surface area contributed by atoms with Gasteiger partial charge in [-0.2, -0.15) is 0 Å². The maximum Gasteiger partial charge on any atom is 0.118 e. The molecule has 1 saturated carbocycles. The maximum atomic E-state index is 5.26. The van der Waals surface area contributed by atoms with Gasteiger partial charge in [0, 0.05) is 0 Å². The first-order valence-electron chi connectivity index (χ1n) is 9.63. The average Bonchev–Trinajstić information content (AvgIpc) is 2.63. The highest BCUT2D eigenvalue weighted by Crippen LogP contribution is 2.42. The minimum absolute atomic E-state index is 0.944. The normalized spacial score (nSPS) is 28.3. The van der Waals surface area contributed by atoms with Gasteiger partial charge >= 0.3 is 0 Å². The molecule has 1 fully saturated rings. The molecule has 23 heavy (non-hydrogen) atoms. The molecule has 0 heterocycles. The molecule has 1 atom stereocenters. The fraction of sp³-hybridized carbons (Fsp3) is 0.636. The van der Waals surface area contributed by atoms with Crippen molar-refractivity contribution in [3.8, 4) is 5.75 Å². The lowest BCUT2D eigenvalue weighted by Crippen LogP contribution is -2.23. The minimum Gasteiger partial charge on any atom is -0.497 e. The molecule has 126 valence electrons. The predicted molar refractivity (Wildman–Crippen MR) is 98.7 cm³/mol. The molecule has 0 spiro atoms. The van der Waals surface area contributed by atoms with Crippen molar-refractivity contribution in [3.05, 3.63) is 35.9 Å². The Morgan fingerprint density at radius 2 is 1.70 bits per heavy atom. The van der Waals surface area contributed by atoms with E-state index >= 15 is 0 Å². The van der Waals surface area contributed by atoms with Crippen LogP contribution >= 0.6 is 0 Å². The summed E-state index contributed by atoms with van der Waals surface area (Å²) >= 11 is 0. The Bertz CT molecular complexity index is 505. The smallest absolute Gasteiger partial charge is 0.118 e. The molecule has 0 saturated heterocycles. The van der Waals surface area contributed by atoms with Crippen LogP contribution in [0.25, 0.3) is 5.57 Å². The summed E-state index contributed by atoms with van der Waals surface area (Å²) in [4.78, 5) is 0. The number of benzene rings is 1. The molecule has 1 unspecified atom stereocenters. The van der Waals surface area contributed by atoms with Gasteiger partial charge in [-0.05, 0) is 73.1 Å². The number of hydrogen-bond acceptors (Lipinski definition) is 1. The molecule has 0 amide bonds. The van der Waals surface area contributed by atoms with Crippen molar-refractivity contribution >= 4 is 5.57 Å². The van der Waals surface area contributed by atoms with E-state index in [0.717, 1.165) is 23.5 Å². The minimum atomic E-state index is 0.944. The van der Waals surface area contributed by atoms with Gasteiger partial charge < -0.3 is 4.74 Å². The topological polar surface area (TPSA) is 9.23 Å². The van der Waals surface area contributed by atoms with Gasteiger partial charge in [0.25, 0.3) is 0 Å². The van der Waals surface area contributed by atoms with E-state index < -0.39 is 0 Å². The third-order valence-corrected chi connectivity index (χ3v) is 6.17. The van der Waals surface area contributed by atoms with Gasteiger partial charge in [0.15, 0.2) is 0 Å². The summed E-state index contributed by atoms with van der Waals surface area (Å²) in [6.07, 6.45) is 15.2. The molecule has 2 aliphatic carbocycles. The van der Waals surface area contributed by atoms with Gasteiger partial charge in [0.1, 0.15) is 5.75 Å². The molecule has 0 radical (unpaired) electrons. The van der Waals surface area contributed by atoms with Crippen LogP contribution in [0.3, 0.4) is 0 Å². The summed E-state index contributed by atoms with van der Waals surface area (Å²) in [5.74, 6) is 3.92. The number of rotatable bonds is 5. The van der Waals surface area contributed by atoms with Crippen LogP contribution in [0.1, 0.15) is 70.3 Å². The molecule has 1 aromatic rings. The lowest BCUT2D eigenvalue weighted by Gasteiger charge is -2.35. The van der Waals surface area contributed by atoms with Crippen LogP contribution in [-0.4, -0.2) is 7.11 Å². The van der Waals surface area contributed by atoms with Crippen LogP contribution in [0.5, 0.6) is 5.75 Å². The Kier molecular flexibility index (Phi) is 5.80. The molecule has 2 aliphatic rings. The zero-order valence-corrected chi connectivity index (χ0v) is 14.9. The third-order valence-electron chi connectivity index (χ3n) is 6.17. The standard InChI is InChI=1S/C22H32O/c1-3-4-17-5-7-18(8-6-17)19-9-11-20(12-10-19)21-13-15-22(23-2)16-14-21/h11,13-19H,3-10,12H2,1-2H3. The highest BCUT2D eigenvalue weighted by Gasteiger charge is 2.28. The first-order chi connectivity index (χ1) is 11.3. The van der Waals surface area contributed by atoms with Crippen molar-refractivity contribution in [3.63, 3.8) is 0 Å². The first-order valence-corrected chi connectivity index (χ1v) is 9.63. The highest BCUT2D eigenvalue weighted by atomic mass is 16.5. The van der Waals surface area contributed by atoms with Crippen LogP contribution in [0.15, 0.2) is 30.3 Å². The second kappa shape index (κ2) is 8.04. The summed E-state index contributed by atoms with van der Waals surface area (Å²) in [6.45, 7) is 2.33. The van der Waals surface area contributed by atoms with Crippen LogP contribution < -0.4 is 4.74 Å². The Labute approximate surface area is 142 Å². The van der Waals surface area contributed by atoms with Crippen LogP contribution in [-0.2, 0) is 0 Å². The SMILES string of the molecule is CCCC1CCC(C2CC=C(c3ccc(OC)cc3)CC2)CC1. The van der Waals surface area contributed by atoms with Crippen molar-refractivity contribution in [1.29, 1.82) is 0 Å². The van der Waals surface area contributed by atoms with Crippen LogP contribution in [0.2, 0.25) is 0 Å². The van der Waals surface area contributed by atoms with E-state index in [1.54, 1.807) is 12.7 Å². The van der Waals surface area contributed by atoms with Gasteiger partial charge in [-0.25, -0.2) is 0 Å². The summed E-state index contributed by atoms with van der Waals surface area (Å²) in [5.41, 5.74) is 2.93. The van der Waals surface area contributed by atoms with Crippen molar-refractivity contribution in [1.82, 2.24) is 0 Å². The second-order valence-corrected chi connectivity index (χ2v) is 7.56. The summed E-state index contributed by atoms with van der Waals surface area (Å²) < 4.78 is 5.26. The van der Waals surface area contributed by atoms with E-state index in [0.29, 0.717) is 0 Å². The molecule has 1 nitrogen and oxygen atoms in total. The van der Waals surface area contributed by atoms with E-state index in [2.05, 4.69) is 37.3 Å². The quantitative estimate of drug-likeness (QED) is 0.604. The lowest BCUT2D eigenvalue weighted by molar-refractivity contribution is 0.189. The Balaban J connectivity index is 1.54. The molecule has 0 N–H and O–H groups in total. The van der Waals surface area contributed by atoms with Gasteiger partial charge in [-0.1, -0.05) is 50.8 Å². The zero-order chi connectivity index (χ0) is 16.1. The van der Waals surface area contributed by atoms with Crippen LogP contribution in [0.4, 0.5) is 0 Å². The van der Waals surface area contributed by atoms with Gasteiger partial charge in [-0.3, -0.25) is 0 Å². The van der Waals surface area contributed by atoms with Crippen molar-refractivity contribution in [2.45, 2.75) is 64.7 Å². The maximum absolute atomic E-state index is 5.26. The van der Waals surface area contributed by atoms with E-state index in [4.69, 9.17) is 4.74 Å². The van der Waals surface area contributed by atoms with E-state index in [1.165, 1.54) is 63.4 Å². The Morgan fingerprint density at radius 3 is 2.26 bits per heavy atom. The number of ether oxygens (including phenoxy) is 1. The molecular formula is C22H32O. The number of hydrogen-bond donors (Lipinski definition) is 0. The van der Waals surface area contributed by atoms with Gasteiger partial charge in [-0.15, -0.1) is 0 Å². The molecule has 0 aromatic heterocycles. The van der Waals surface area contributed by atoms with Crippen molar-refractivity contribution in [2.75, 3.05) is 7.11 Å². The Hall–Kier alpha value is -1.24. The fourth-order valence-electron chi connectivity index (χ4n) is 4.71. The monoisotopic (exact) mass is 312 g/mol. The van der Waals surface area contributed by atoms with E-state index in [9.17, 15) is 0 Å². The fourth-order valence-corrected chi connectivity index (χ4v) is 4.71. The molecule has 0 bridgehead atoms. The van der Waals surface area contributed by atoms with Crippen molar-refractivity contribution in [2.24, 2.45) is 17.8 Å². The van der Waals surface area contributed by atoms with E-state index in [1.807, 2.05) is 0 Å².